The summed E-state index contributed by atoms with van der Waals surface area (Å²) >= 11 is 1.47. The number of methoxy groups -OCH3 is 1. The van der Waals surface area contributed by atoms with Gasteiger partial charge in [0, 0.05) is 13.0 Å². The minimum absolute atomic E-state index is 0.104. The minimum Gasteiger partial charge on any atom is -0.497 e. The van der Waals surface area contributed by atoms with Crippen LogP contribution >= 0.6 is 11.3 Å². The molecule has 178 valence electrons. The molecule has 0 bridgehead atoms. The number of carbonyl (C=O) groups excluding carboxylic acids is 1. The van der Waals surface area contributed by atoms with Gasteiger partial charge in [0.1, 0.15) is 5.75 Å². The normalized spacial score (nSPS) is 11.8. The highest BCUT2D eigenvalue weighted by atomic mass is 32.2. The number of hydrogen-bond acceptors (Lipinski definition) is 7. The Morgan fingerprint density at radius 2 is 1.82 bits per heavy atom. The van der Waals surface area contributed by atoms with Crippen LogP contribution in [0.15, 0.2) is 47.4 Å². The van der Waals surface area contributed by atoms with Gasteiger partial charge in [-0.3, -0.25) is 9.69 Å². The zero-order valence-electron chi connectivity index (χ0n) is 19.6. The predicted molar refractivity (Wildman–Crippen MR) is 134 cm³/mol. The number of aryl methyl sites for hydroxylation is 1. The van der Waals surface area contributed by atoms with E-state index in [0.29, 0.717) is 17.4 Å². The van der Waals surface area contributed by atoms with Gasteiger partial charge in [0.2, 0.25) is 5.91 Å². The van der Waals surface area contributed by atoms with E-state index in [-0.39, 0.29) is 23.0 Å². The number of thiazole rings is 1. The monoisotopic (exact) mass is 489 g/mol. The number of hydrogen-bond donors (Lipinski definition) is 0. The second-order valence-electron chi connectivity index (χ2n) is 8.06. The Hall–Kier alpha value is -2.49. The molecule has 0 saturated heterocycles. The average molecular weight is 490 g/mol. The molecule has 9 heteroatoms. The van der Waals surface area contributed by atoms with Gasteiger partial charge in [-0.25, -0.2) is 13.4 Å². The van der Waals surface area contributed by atoms with Crippen LogP contribution in [0.1, 0.15) is 25.3 Å². The number of para-hydroxylation sites is 1. The summed E-state index contributed by atoms with van der Waals surface area (Å²) < 4.78 is 31.7. The van der Waals surface area contributed by atoms with Crippen molar-refractivity contribution in [2.75, 3.05) is 44.9 Å². The van der Waals surface area contributed by atoms with Crippen molar-refractivity contribution in [1.82, 2.24) is 9.88 Å². The molecule has 0 N–H and O–H groups in total. The molecule has 0 aliphatic rings. The highest BCUT2D eigenvalue weighted by molar-refractivity contribution is 7.91. The summed E-state index contributed by atoms with van der Waals surface area (Å²) in [5, 5.41) is 0.622. The Labute approximate surface area is 199 Å². The van der Waals surface area contributed by atoms with E-state index in [2.05, 4.69) is 11.8 Å². The van der Waals surface area contributed by atoms with Crippen LogP contribution in [0.25, 0.3) is 10.2 Å². The summed E-state index contributed by atoms with van der Waals surface area (Å²) in [5.74, 6) is 0.0929. The Bertz CT molecular complexity index is 1190. The van der Waals surface area contributed by atoms with E-state index in [4.69, 9.17) is 9.72 Å². The summed E-state index contributed by atoms with van der Waals surface area (Å²) in [5.41, 5.74) is 2.05. The first kappa shape index (κ1) is 25.1. The van der Waals surface area contributed by atoms with Crippen LogP contribution in [0.3, 0.4) is 0 Å². The lowest BCUT2D eigenvalue weighted by Crippen LogP contribution is -2.34. The summed E-state index contributed by atoms with van der Waals surface area (Å²) in [7, 11) is 1.90. The molecule has 2 aromatic carbocycles. The van der Waals surface area contributed by atoms with Crippen molar-refractivity contribution in [3.05, 3.63) is 48.0 Å². The summed E-state index contributed by atoms with van der Waals surface area (Å²) in [6.45, 7) is 3.39. The number of anilines is 1. The fourth-order valence-corrected chi connectivity index (χ4v) is 5.81. The number of sulfone groups is 1. The topological polar surface area (TPSA) is 79.8 Å². The molecule has 0 unspecified atom stereocenters. The number of benzene rings is 2. The Morgan fingerprint density at radius 1 is 1.09 bits per heavy atom. The third-order valence-electron chi connectivity index (χ3n) is 5.39. The first-order valence-electron chi connectivity index (χ1n) is 11.0. The lowest BCUT2D eigenvalue weighted by Gasteiger charge is -2.21. The fourth-order valence-electron chi connectivity index (χ4n) is 3.52. The first-order chi connectivity index (χ1) is 15.7. The third-order valence-corrected chi connectivity index (χ3v) is 8.17. The maximum absolute atomic E-state index is 13.2. The van der Waals surface area contributed by atoms with E-state index in [1.807, 2.05) is 32.3 Å². The molecular formula is C24H31N3O4S2. The van der Waals surface area contributed by atoms with E-state index < -0.39 is 9.84 Å². The standard InChI is InChI=1S/C24H31N3O4S2/c1-5-18-8-6-9-21-23(18)25-24(32-21)27(16-7-15-26(2)3)22(28)14-17-33(29,30)20-12-10-19(31-4)11-13-20/h6,8-13H,5,7,14-17H2,1-4H3. The molecule has 33 heavy (non-hydrogen) atoms. The smallest absolute Gasteiger partial charge is 0.229 e. The van der Waals surface area contributed by atoms with Crippen molar-refractivity contribution in [3.63, 3.8) is 0 Å². The van der Waals surface area contributed by atoms with Crippen LogP contribution in [0, 0.1) is 0 Å². The van der Waals surface area contributed by atoms with E-state index in [0.717, 1.165) is 35.2 Å². The van der Waals surface area contributed by atoms with E-state index in [1.54, 1.807) is 17.0 Å². The van der Waals surface area contributed by atoms with Gasteiger partial charge in [-0.15, -0.1) is 0 Å². The van der Waals surface area contributed by atoms with Gasteiger partial charge in [0.25, 0.3) is 0 Å². The van der Waals surface area contributed by atoms with Crippen LogP contribution in [-0.4, -0.2) is 64.3 Å². The molecule has 0 saturated carbocycles. The molecule has 3 rings (SSSR count). The molecule has 0 atom stereocenters. The molecule has 0 aliphatic carbocycles. The van der Waals surface area contributed by atoms with Gasteiger partial charge < -0.3 is 9.64 Å². The van der Waals surface area contributed by atoms with Crippen molar-refractivity contribution in [3.8, 4) is 5.75 Å². The van der Waals surface area contributed by atoms with Gasteiger partial charge in [-0.1, -0.05) is 30.4 Å². The molecule has 1 heterocycles. The molecule has 7 nitrogen and oxygen atoms in total. The van der Waals surface area contributed by atoms with Gasteiger partial charge in [0.15, 0.2) is 15.0 Å². The molecule has 0 fully saturated rings. The van der Waals surface area contributed by atoms with Crippen molar-refractivity contribution < 1.29 is 17.9 Å². The summed E-state index contributed by atoms with van der Waals surface area (Å²) in [6, 6.07) is 12.3. The molecular weight excluding hydrogens is 458 g/mol. The maximum atomic E-state index is 13.2. The number of amides is 1. The van der Waals surface area contributed by atoms with Gasteiger partial charge >= 0.3 is 0 Å². The lowest BCUT2D eigenvalue weighted by atomic mass is 10.1. The number of ether oxygens (including phenoxy) is 1. The summed E-state index contributed by atoms with van der Waals surface area (Å²) in [6.07, 6.45) is 1.52. The Morgan fingerprint density at radius 3 is 2.45 bits per heavy atom. The van der Waals surface area contributed by atoms with Crippen LogP contribution in [0.5, 0.6) is 5.75 Å². The average Bonchev–Trinajstić information content (AvgIpc) is 3.24. The quantitative estimate of drug-likeness (QED) is 0.405. The largest absolute Gasteiger partial charge is 0.497 e. The number of nitrogens with zero attached hydrogens (tertiary/aromatic N) is 3. The van der Waals surface area contributed by atoms with E-state index >= 15 is 0 Å². The molecule has 0 aliphatic heterocycles. The third kappa shape index (κ3) is 6.31. The minimum atomic E-state index is -3.59. The van der Waals surface area contributed by atoms with Crippen molar-refractivity contribution in [2.24, 2.45) is 0 Å². The molecule has 0 radical (unpaired) electrons. The summed E-state index contributed by atoms with van der Waals surface area (Å²) in [4.78, 5) is 21.9. The van der Waals surface area contributed by atoms with Gasteiger partial charge in [-0.2, -0.15) is 0 Å². The van der Waals surface area contributed by atoms with E-state index in [1.165, 1.54) is 30.6 Å². The molecule has 1 amide bonds. The van der Waals surface area contributed by atoms with Crippen LogP contribution < -0.4 is 9.64 Å². The first-order valence-corrected chi connectivity index (χ1v) is 13.4. The Balaban J connectivity index is 1.80. The number of fused-ring (bicyclic) bond motifs is 1. The Kier molecular flexibility index (Phi) is 8.45. The van der Waals surface area contributed by atoms with Crippen molar-refractivity contribution in [2.45, 2.75) is 31.1 Å². The number of rotatable bonds is 11. The second-order valence-corrected chi connectivity index (χ2v) is 11.2. The van der Waals surface area contributed by atoms with Crippen LogP contribution in [0.4, 0.5) is 5.13 Å². The highest BCUT2D eigenvalue weighted by Gasteiger charge is 2.23. The second kappa shape index (κ2) is 11.1. The molecule has 1 aromatic heterocycles. The fraction of sp³-hybridized carbons (Fsp3) is 0.417. The van der Waals surface area contributed by atoms with Gasteiger partial charge in [-0.05, 0) is 69.4 Å². The van der Waals surface area contributed by atoms with Crippen molar-refractivity contribution >= 4 is 42.4 Å². The molecule has 3 aromatic rings. The van der Waals surface area contributed by atoms with Crippen molar-refractivity contribution in [1.29, 1.82) is 0 Å². The zero-order chi connectivity index (χ0) is 24.0. The maximum Gasteiger partial charge on any atom is 0.229 e. The van der Waals surface area contributed by atoms with Crippen LogP contribution in [0.2, 0.25) is 0 Å². The SMILES string of the molecule is CCc1cccc2sc(N(CCCN(C)C)C(=O)CCS(=O)(=O)c3ccc(OC)cc3)nc12. The predicted octanol–water partition coefficient (Wildman–Crippen LogP) is 4.02. The number of aromatic nitrogens is 1. The van der Waals surface area contributed by atoms with Crippen LogP contribution in [-0.2, 0) is 21.1 Å². The number of carbonyl (C=O) groups is 1. The highest BCUT2D eigenvalue weighted by Crippen LogP contribution is 2.31. The lowest BCUT2D eigenvalue weighted by molar-refractivity contribution is -0.118. The van der Waals surface area contributed by atoms with Gasteiger partial charge in [0.05, 0.1) is 28.0 Å². The van der Waals surface area contributed by atoms with E-state index in [9.17, 15) is 13.2 Å². The zero-order valence-corrected chi connectivity index (χ0v) is 21.2. The molecule has 0 spiro atoms.